The molecule has 2 aromatic carbocycles. The molecular formula is C24H34N6O6S. The number of ether oxygens (including phenoxy) is 2. The van der Waals surface area contributed by atoms with Gasteiger partial charge in [-0.1, -0.05) is 0 Å². The number of benzene rings is 2. The molecule has 13 heteroatoms. The Labute approximate surface area is 217 Å². The van der Waals surface area contributed by atoms with Crippen LogP contribution in [0.5, 0.6) is 0 Å². The monoisotopic (exact) mass is 534 g/mol. The highest BCUT2D eigenvalue weighted by molar-refractivity contribution is 7.89. The first kappa shape index (κ1) is 29.7. The van der Waals surface area contributed by atoms with Crippen LogP contribution in [0.4, 0.5) is 21.9 Å². The Morgan fingerprint density at radius 3 is 2.00 bits per heavy atom. The molecule has 0 saturated carbocycles. The highest BCUT2D eigenvalue weighted by Gasteiger charge is 2.16. The molecule has 0 aromatic heterocycles. The van der Waals surface area contributed by atoms with E-state index in [1.54, 1.807) is 32.9 Å². The van der Waals surface area contributed by atoms with Crippen molar-refractivity contribution in [3.05, 3.63) is 48.5 Å². The van der Waals surface area contributed by atoms with Crippen LogP contribution in [0.25, 0.3) is 0 Å². The Balaban J connectivity index is 1.70. The fourth-order valence-electron chi connectivity index (χ4n) is 2.71. The molecule has 12 nitrogen and oxygen atoms in total. The average molecular weight is 535 g/mol. The highest BCUT2D eigenvalue weighted by Crippen LogP contribution is 2.22. The van der Waals surface area contributed by atoms with Crippen LogP contribution < -0.4 is 20.5 Å². The molecular weight excluding hydrogens is 500 g/mol. The predicted octanol–water partition coefficient (Wildman–Crippen LogP) is 3.41. The highest BCUT2D eigenvalue weighted by atomic mass is 32.2. The zero-order valence-corrected chi connectivity index (χ0v) is 22.5. The summed E-state index contributed by atoms with van der Waals surface area (Å²) in [6.45, 7) is 5.22. The van der Waals surface area contributed by atoms with Crippen LogP contribution in [0.3, 0.4) is 0 Å². The Morgan fingerprint density at radius 1 is 0.892 bits per heavy atom. The van der Waals surface area contributed by atoms with Gasteiger partial charge in [0, 0.05) is 26.3 Å². The molecule has 0 saturated heterocycles. The molecule has 0 atom stereocenters. The molecule has 0 heterocycles. The van der Waals surface area contributed by atoms with Gasteiger partial charge in [-0.05, 0) is 69.3 Å². The van der Waals surface area contributed by atoms with Crippen molar-refractivity contribution in [3.8, 4) is 0 Å². The van der Waals surface area contributed by atoms with Gasteiger partial charge in [-0.25, -0.2) is 23.4 Å². The molecule has 0 fully saturated rings. The molecule has 0 unspecified atom stereocenters. The number of amides is 2. The second kappa shape index (κ2) is 13.7. The summed E-state index contributed by atoms with van der Waals surface area (Å²) in [5.74, 6) is -0.478. The van der Waals surface area contributed by atoms with Crippen LogP contribution in [0.15, 0.2) is 63.7 Å². The van der Waals surface area contributed by atoms with E-state index in [2.05, 4.69) is 25.8 Å². The van der Waals surface area contributed by atoms with Gasteiger partial charge in [-0.3, -0.25) is 10.2 Å². The van der Waals surface area contributed by atoms with Crippen LogP contribution in [0.2, 0.25) is 0 Å². The third-order valence-corrected chi connectivity index (χ3v) is 5.99. The molecule has 0 aliphatic rings. The topological polar surface area (TPSA) is 151 Å². The van der Waals surface area contributed by atoms with Crippen molar-refractivity contribution in [1.82, 2.24) is 15.6 Å². The lowest BCUT2D eigenvalue weighted by Crippen LogP contribution is -2.44. The van der Waals surface area contributed by atoms with E-state index in [0.29, 0.717) is 11.4 Å². The predicted molar refractivity (Wildman–Crippen MR) is 140 cm³/mol. The minimum absolute atomic E-state index is 0.0184. The lowest BCUT2D eigenvalue weighted by atomic mass is 10.2. The first-order valence-corrected chi connectivity index (χ1v) is 13.0. The number of rotatable bonds is 11. The van der Waals surface area contributed by atoms with E-state index in [9.17, 15) is 18.0 Å². The van der Waals surface area contributed by atoms with E-state index in [0.717, 1.165) is 5.69 Å². The second-order valence-corrected chi connectivity index (χ2v) is 10.8. The number of hydrogen-bond donors (Lipinski definition) is 3. The number of azo groups is 1. The van der Waals surface area contributed by atoms with Gasteiger partial charge < -0.3 is 14.4 Å². The van der Waals surface area contributed by atoms with Crippen molar-refractivity contribution >= 4 is 39.1 Å². The van der Waals surface area contributed by atoms with E-state index in [1.165, 1.54) is 12.1 Å². The third-order valence-electron chi connectivity index (χ3n) is 4.51. The van der Waals surface area contributed by atoms with Crippen LogP contribution in [0.1, 0.15) is 27.2 Å². The molecule has 0 radical (unpaired) electrons. The van der Waals surface area contributed by atoms with E-state index in [1.807, 2.05) is 43.3 Å². The molecule has 2 rings (SSSR count). The van der Waals surface area contributed by atoms with Crippen molar-refractivity contribution in [2.24, 2.45) is 10.2 Å². The smallest absolute Gasteiger partial charge is 0.426 e. The fourth-order valence-corrected chi connectivity index (χ4v) is 3.72. The maximum Gasteiger partial charge on any atom is 0.426 e. The van der Waals surface area contributed by atoms with Crippen molar-refractivity contribution in [2.75, 3.05) is 38.8 Å². The Kier molecular flexibility index (Phi) is 11.0. The summed E-state index contributed by atoms with van der Waals surface area (Å²) in [6.07, 6.45) is -0.805. The minimum atomic E-state index is -3.74. The zero-order valence-electron chi connectivity index (χ0n) is 21.6. The summed E-state index contributed by atoms with van der Waals surface area (Å²) in [6, 6.07) is 13.5. The third kappa shape index (κ3) is 11.4. The second-order valence-electron chi connectivity index (χ2n) is 9.04. The largest absolute Gasteiger partial charge is 0.443 e. The summed E-state index contributed by atoms with van der Waals surface area (Å²) in [7, 11) is 0.157. The van der Waals surface area contributed by atoms with E-state index in [-0.39, 0.29) is 31.1 Å². The number of sulfonamides is 1. The number of anilines is 1. The number of hydrazine groups is 1. The summed E-state index contributed by atoms with van der Waals surface area (Å²) in [4.78, 5) is 25.2. The van der Waals surface area contributed by atoms with E-state index in [4.69, 9.17) is 9.47 Å². The molecule has 3 N–H and O–H groups in total. The number of nitrogens with zero attached hydrogens (tertiary/aromatic N) is 3. The first-order chi connectivity index (χ1) is 17.4. The van der Waals surface area contributed by atoms with Gasteiger partial charge in [0.2, 0.25) is 15.9 Å². The molecule has 2 aromatic rings. The lowest BCUT2D eigenvalue weighted by molar-refractivity contribution is -0.123. The SMILES string of the molecule is CN(C)c1ccc(N=Nc2ccc(S(=O)(=O)NCCOCCC(=O)NNC(=O)OC(C)(C)C)cc2)cc1. The van der Waals surface area contributed by atoms with Crippen molar-refractivity contribution < 1.29 is 27.5 Å². The quantitative estimate of drug-likeness (QED) is 0.227. The Morgan fingerprint density at radius 2 is 1.46 bits per heavy atom. The molecule has 0 aliphatic carbocycles. The van der Waals surface area contributed by atoms with Gasteiger partial charge >= 0.3 is 6.09 Å². The lowest BCUT2D eigenvalue weighted by Gasteiger charge is -2.19. The number of carbonyl (C=O) groups is 2. The van der Waals surface area contributed by atoms with Gasteiger partial charge in [-0.2, -0.15) is 10.2 Å². The van der Waals surface area contributed by atoms with Gasteiger partial charge in [0.15, 0.2) is 0 Å². The molecule has 202 valence electrons. The standard InChI is InChI=1S/C24H34N6O6S/c1-24(2,3)36-23(32)29-28-22(31)14-16-35-17-15-25-37(33,34)21-12-8-19(9-13-21)27-26-18-6-10-20(11-7-18)30(4)5/h6-13,25H,14-17H2,1-5H3,(H,28,31)(H,29,32). The van der Waals surface area contributed by atoms with Crippen molar-refractivity contribution in [1.29, 1.82) is 0 Å². The summed E-state index contributed by atoms with van der Waals surface area (Å²) in [5.41, 5.74) is 5.89. The Bertz CT molecular complexity index is 1160. The van der Waals surface area contributed by atoms with Crippen LogP contribution in [-0.4, -0.2) is 59.9 Å². The number of carbonyl (C=O) groups excluding carboxylic acids is 2. The maximum atomic E-state index is 12.5. The number of nitrogens with one attached hydrogen (secondary N) is 3. The zero-order chi connectivity index (χ0) is 27.5. The molecule has 37 heavy (non-hydrogen) atoms. The van der Waals surface area contributed by atoms with Crippen LogP contribution >= 0.6 is 0 Å². The Hall–Kier alpha value is -3.55. The van der Waals surface area contributed by atoms with Gasteiger partial charge in [-0.15, -0.1) is 0 Å². The minimum Gasteiger partial charge on any atom is -0.443 e. The molecule has 2 amide bonds. The van der Waals surface area contributed by atoms with E-state index < -0.39 is 27.6 Å². The average Bonchev–Trinajstić information content (AvgIpc) is 2.83. The summed E-state index contributed by atoms with van der Waals surface area (Å²) >= 11 is 0. The first-order valence-electron chi connectivity index (χ1n) is 11.5. The number of hydrogen-bond acceptors (Lipinski definition) is 9. The van der Waals surface area contributed by atoms with Crippen molar-refractivity contribution in [3.63, 3.8) is 0 Å². The molecule has 0 aliphatic heterocycles. The molecule has 0 spiro atoms. The fraction of sp³-hybridized carbons (Fsp3) is 0.417. The van der Waals surface area contributed by atoms with Gasteiger partial charge in [0.25, 0.3) is 0 Å². The summed E-state index contributed by atoms with van der Waals surface area (Å²) in [5, 5.41) is 8.30. The molecule has 0 bridgehead atoms. The summed E-state index contributed by atoms with van der Waals surface area (Å²) < 4.78 is 37.6. The van der Waals surface area contributed by atoms with Crippen LogP contribution in [-0.2, 0) is 24.3 Å². The van der Waals surface area contributed by atoms with Crippen molar-refractivity contribution in [2.45, 2.75) is 37.7 Å². The van der Waals surface area contributed by atoms with Gasteiger partial charge in [0.05, 0.1) is 35.9 Å². The van der Waals surface area contributed by atoms with E-state index >= 15 is 0 Å². The maximum absolute atomic E-state index is 12.5. The van der Waals surface area contributed by atoms with Gasteiger partial charge in [0.1, 0.15) is 5.60 Å². The normalized spacial score (nSPS) is 11.8. The van der Waals surface area contributed by atoms with Crippen LogP contribution in [0, 0.1) is 0 Å².